The summed E-state index contributed by atoms with van der Waals surface area (Å²) in [5.41, 5.74) is 1.76. The van der Waals surface area contributed by atoms with Gasteiger partial charge in [-0.2, -0.15) is 0 Å². The number of ether oxygens (including phenoxy) is 1. The van der Waals surface area contributed by atoms with Crippen LogP contribution in [0.3, 0.4) is 0 Å². The largest absolute Gasteiger partial charge is 0.493 e. The molecule has 2 aromatic carbocycles. The zero-order chi connectivity index (χ0) is 20.7. The molecule has 0 heterocycles. The van der Waals surface area contributed by atoms with Gasteiger partial charge in [0.25, 0.3) is 5.91 Å². The van der Waals surface area contributed by atoms with E-state index in [0.29, 0.717) is 29.3 Å². The average molecular weight is 464 g/mol. The molecule has 2 amide bonds. The Morgan fingerprint density at radius 3 is 2.64 bits per heavy atom. The molecule has 6 nitrogen and oxygen atoms in total. The fourth-order valence-corrected chi connectivity index (χ4v) is 2.90. The smallest absolute Gasteiger partial charge is 0.261 e. The van der Waals surface area contributed by atoms with Gasteiger partial charge in [0.05, 0.1) is 12.2 Å². The normalized spacial score (nSPS) is 10.1. The zero-order valence-corrected chi connectivity index (χ0v) is 18.3. The van der Waals surface area contributed by atoms with Gasteiger partial charge in [-0.05, 0) is 55.0 Å². The van der Waals surface area contributed by atoms with Crippen LogP contribution in [0.2, 0.25) is 0 Å². The molecular formula is C20H22BrN3O3S. The third-order valence-corrected chi connectivity index (χ3v) is 4.54. The van der Waals surface area contributed by atoms with E-state index in [1.807, 2.05) is 19.1 Å². The summed E-state index contributed by atoms with van der Waals surface area (Å²) in [6, 6.07) is 12.4. The van der Waals surface area contributed by atoms with Crippen LogP contribution < -0.4 is 20.3 Å². The second-order valence-corrected chi connectivity index (χ2v) is 7.35. The van der Waals surface area contributed by atoms with Gasteiger partial charge in [0.2, 0.25) is 5.91 Å². The number of hydrogen-bond donors (Lipinski definition) is 2. The summed E-state index contributed by atoms with van der Waals surface area (Å²) in [5.74, 6) is 0.0413. The number of anilines is 2. The number of nitrogens with one attached hydrogen (secondary N) is 2. The Morgan fingerprint density at radius 1 is 1.21 bits per heavy atom. The predicted molar refractivity (Wildman–Crippen MR) is 119 cm³/mol. The quantitative estimate of drug-likeness (QED) is 0.623. The number of hydrogen-bond acceptors (Lipinski definition) is 4. The Hall–Kier alpha value is -2.45. The minimum atomic E-state index is -0.373. The monoisotopic (exact) mass is 463 g/mol. The third kappa shape index (κ3) is 6.03. The molecule has 0 unspecified atom stereocenters. The van der Waals surface area contributed by atoms with Crippen LogP contribution in [0.5, 0.6) is 5.75 Å². The Balaban J connectivity index is 2.09. The van der Waals surface area contributed by atoms with E-state index in [4.69, 9.17) is 17.0 Å². The predicted octanol–water partition coefficient (Wildman–Crippen LogP) is 4.35. The van der Waals surface area contributed by atoms with Gasteiger partial charge in [0.1, 0.15) is 5.75 Å². The number of nitrogens with zero attached hydrogens (tertiary/aromatic N) is 1. The summed E-state index contributed by atoms with van der Waals surface area (Å²) >= 11 is 8.63. The highest BCUT2D eigenvalue weighted by Gasteiger charge is 2.15. The first-order valence-corrected chi connectivity index (χ1v) is 9.91. The number of thiocarbonyl (C=S) groups is 1. The number of benzene rings is 2. The number of rotatable bonds is 6. The Labute approximate surface area is 178 Å². The molecule has 0 fully saturated rings. The Bertz CT molecular complexity index is 889. The lowest BCUT2D eigenvalue weighted by atomic mass is 10.2. The highest BCUT2D eigenvalue weighted by molar-refractivity contribution is 9.10. The summed E-state index contributed by atoms with van der Waals surface area (Å²) in [6.07, 6.45) is 0.835. The molecule has 2 N–H and O–H groups in total. The number of amides is 2. The van der Waals surface area contributed by atoms with E-state index in [0.717, 1.165) is 10.9 Å². The van der Waals surface area contributed by atoms with Crippen molar-refractivity contribution in [2.45, 2.75) is 20.3 Å². The van der Waals surface area contributed by atoms with Gasteiger partial charge in [0, 0.05) is 29.8 Å². The number of carbonyl (C=O) groups excluding carboxylic acids is 2. The van der Waals surface area contributed by atoms with Crippen molar-refractivity contribution in [2.24, 2.45) is 0 Å². The molecule has 2 rings (SSSR count). The molecule has 0 atom stereocenters. The van der Waals surface area contributed by atoms with Gasteiger partial charge in [0.15, 0.2) is 5.11 Å². The van der Waals surface area contributed by atoms with Crippen molar-refractivity contribution in [1.82, 2.24) is 5.32 Å². The van der Waals surface area contributed by atoms with Crippen LogP contribution in [0.1, 0.15) is 30.6 Å². The molecule has 0 aromatic heterocycles. The molecule has 148 valence electrons. The molecule has 0 radical (unpaired) electrons. The molecule has 0 aliphatic heterocycles. The third-order valence-electron chi connectivity index (χ3n) is 3.84. The summed E-state index contributed by atoms with van der Waals surface area (Å²) in [4.78, 5) is 25.7. The van der Waals surface area contributed by atoms with Crippen LogP contribution in [-0.4, -0.2) is 30.6 Å². The first-order chi connectivity index (χ1) is 13.3. The van der Waals surface area contributed by atoms with E-state index in [2.05, 4.69) is 26.6 Å². The van der Waals surface area contributed by atoms with Gasteiger partial charge in [-0.1, -0.05) is 28.9 Å². The van der Waals surface area contributed by atoms with Crippen LogP contribution in [-0.2, 0) is 4.79 Å². The molecule has 0 spiro atoms. The molecule has 28 heavy (non-hydrogen) atoms. The maximum absolute atomic E-state index is 12.7. The van der Waals surface area contributed by atoms with E-state index in [1.165, 1.54) is 11.8 Å². The molecule has 0 saturated carbocycles. The van der Waals surface area contributed by atoms with Crippen molar-refractivity contribution in [3.8, 4) is 5.75 Å². The second-order valence-electron chi connectivity index (χ2n) is 6.03. The summed E-state index contributed by atoms with van der Waals surface area (Å²) in [5, 5.41) is 5.77. The van der Waals surface area contributed by atoms with Crippen molar-refractivity contribution in [3.63, 3.8) is 0 Å². The zero-order valence-electron chi connectivity index (χ0n) is 15.9. The number of halogens is 1. The van der Waals surface area contributed by atoms with Crippen molar-refractivity contribution in [3.05, 3.63) is 52.5 Å². The minimum absolute atomic E-state index is 0.0812. The summed E-state index contributed by atoms with van der Waals surface area (Å²) in [7, 11) is 1.69. The maximum Gasteiger partial charge on any atom is 0.261 e. The van der Waals surface area contributed by atoms with E-state index >= 15 is 0 Å². The molecular weight excluding hydrogens is 442 g/mol. The van der Waals surface area contributed by atoms with Crippen molar-refractivity contribution >= 4 is 56.4 Å². The van der Waals surface area contributed by atoms with Crippen LogP contribution in [0.4, 0.5) is 11.4 Å². The molecule has 0 aliphatic rings. The van der Waals surface area contributed by atoms with Gasteiger partial charge in [-0.3, -0.25) is 14.9 Å². The molecule has 0 aliphatic carbocycles. The van der Waals surface area contributed by atoms with Crippen molar-refractivity contribution in [1.29, 1.82) is 0 Å². The van der Waals surface area contributed by atoms with Gasteiger partial charge in [-0.25, -0.2) is 0 Å². The molecule has 0 saturated heterocycles. The van der Waals surface area contributed by atoms with Gasteiger partial charge >= 0.3 is 0 Å². The highest BCUT2D eigenvalue weighted by Crippen LogP contribution is 2.24. The van der Waals surface area contributed by atoms with Gasteiger partial charge < -0.3 is 15.0 Å². The highest BCUT2D eigenvalue weighted by atomic mass is 79.9. The van der Waals surface area contributed by atoms with Crippen LogP contribution in [0, 0.1) is 0 Å². The first kappa shape index (κ1) is 21.8. The SMILES string of the molecule is CCCOc1ccc(Br)cc1C(=O)NC(=S)Nc1cccc(N(C)C(C)=O)c1. The lowest BCUT2D eigenvalue weighted by Crippen LogP contribution is -2.34. The summed E-state index contributed by atoms with van der Waals surface area (Å²) in [6.45, 7) is 4.00. The van der Waals surface area contributed by atoms with E-state index in [1.54, 1.807) is 37.4 Å². The van der Waals surface area contributed by atoms with Crippen molar-refractivity contribution in [2.75, 3.05) is 23.9 Å². The van der Waals surface area contributed by atoms with Crippen LogP contribution >= 0.6 is 28.1 Å². The molecule has 2 aromatic rings. The van der Waals surface area contributed by atoms with E-state index < -0.39 is 0 Å². The lowest BCUT2D eigenvalue weighted by molar-refractivity contribution is -0.116. The van der Waals surface area contributed by atoms with Gasteiger partial charge in [-0.15, -0.1) is 0 Å². The topological polar surface area (TPSA) is 70.7 Å². The van der Waals surface area contributed by atoms with Crippen LogP contribution in [0.25, 0.3) is 0 Å². The molecule has 8 heteroatoms. The lowest BCUT2D eigenvalue weighted by Gasteiger charge is -2.17. The van der Waals surface area contributed by atoms with E-state index in [-0.39, 0.29) is 16.9 Å². The second kappa shape index (κ2) is 10.2. The Kier molecular flexibility index (Phi) is 7.95. The van der Waals surface area contributed by atoms with Crippen molar-refractivity contribution < 1.29 is 14.3 Å². The first-order valence-electron chi connectivity index (χ1n) is 8.71. The average Bonchev–Trinajstić information content (AvgIpc) is 2.66. The fraction of sp³-hybridized carbons (Fsp3) is 0.250. The Morgan fingerprint density at radius 2 is 1.96 bits per heavy atom. The number of carbonyl (C=O) groups is 2. The maximum atomic E-state index is 12.7. The van der Waals surface area contributed by atoms with Crippen LogP contribution in [0.15, 0.2) is 46.9 Å². The standard InChI is InChI=1S/C20H22BrN3O3S/c1-4-10-27-18-9-8-14(21)11-17(18)19(26)23-20(28)22-15-6-5-7-16(12-15)24(3)13(2)25/h5-9,11-12H,4,10H2,1-3H3,(H2,22,23,26,28). The minimum Gasteiger partial charge on any atom is -0.493 e. The molecule has 0 bridgehead atoms. The summed E-state index contributed by atoms with van der Waals surface area (Å²) < 4.78 is 6.41. The van der Waals surface area contributed by atoms with E-state index in [9.17, 15) is 9.59 Å². The fourth-order valence-electron chi connectivity index (χ4n) is 2.32.